The molecule has 9 nitrogen and oxygen atoms in total. The van der Waals surface area contributed by atoms with Crippen molar-refractivity contribution in [3.8, 4) is 5.69 Å². The molecule has 0 spiro atoms. The van der Waals surface area contributed by atoms with Gasteiger partial charge in [0.1, 0.15) is 11.9 Å². The van der Waals surface area contributed by atoms with Gasteiger partial charge in [0.25, 0.3) is 0 Å². The summed E-state index contributed by atoms with van der Waals surface area (Å²) in [6.07, 6.45) is 5.33. The first-order chi connectivity index (χ1) is 12.6. The zero-order valence-electron chi connectivity index (χ0n) is 13.7. The van der Waals surface area contributed by atoms with Crippen LogP contribution in [-0.2, 0) is 17.8 Å². The maximum Gasteiger partial charge on any atom is 0.414 e. The second-order valence-electron chi connectivity index (χ2n) is 5.81. The molecule has 1 saturated heterocycles. The number of ether oxygens (including phenoxy) is 1. The lowest BCUT2D eigenvalue weighted by Gasteiger charge is -2.14. The number of aromatic nitrogens is 5. The van der Waals surface area contributed by atoms with E-state index < -0.39 is 18.0 Å². The minimum Gasteiger partial charge on any atom is -0.442 e. The molecule has 1 aromatic carbocycles. The van der Waals surface area contributed by atoms with Crippen LogP contribution in [0, 0.1) is 5.82 Å². The van der Waals surface area contributed by atoms with Gasteiger partial charge in [-0.25, -0.2) is 14.2 Å². The summed E-state index contributed by atoms with van der Waals surface area (Å²) in [5.74, 6) is -0.478. The minimum absolute atomic E-state index is 0.277. The minimum atomic E-state index is -0.526. The van der Waals surface area contributed by atoms with Crippen molar-refractivity contribution in [2.75, 3.05) is 11.4 Å². The molecule has 0 aliphatic carbocycles. The van der Waals surface area contributed by atoms with E-state index in [9.17, 15) is 9.18 Å². The van der Waals surface area contributed by atoms with Gasteiger partial charge in [0, 0.05) is 12.7 Å². The Bertz CT molecular complexity index is 925. The predicted molar refractivity (Wildman–Crippen MR) is 89.1 cm³/mol. The molecule has 134 valence electrons. The number of hydrogen-bond donors (Lipinski definition) is 1. The van der Waals surface area contributed by atoms with E-state index in [1.165, 1.54) is 22.1 Å². The molecule has 3 heterocycles. The van der Waals surface area contributed by atoms with Gasteiger partial charge in [0.05, 0.1) is 48.9 Å². The molecule has 1 atom stereocenters. The molecular weight excluding hydrogens is 341 g/mol. The van der Waals surface area contributed by atoms with Crippen molar-refractivity contribution in [3.63, 3.8) is 0 Å². The summed E-state index contributed by atoms with van der Waals surface area (Å²) in [5, 5.41) is 7.98. The third-order valence-corrected chi connectivity index (χ3v) is 4.07. The predicted octanol–water partition coefficient (Wildman–Crippen LogP) is 1.09. The summed E-state index contributed by atoms with van der Waals surface area (Å²) in [5.41, 5.74) is 6.93. The molecule has 2 N–H and O–H groups in total. The molecule has 1 unspecified atom stereocenters. The second-order valence-corrected chi connectivity index (χ2v) is 5.81. The maximum atomic E-state index is 14.5. The van der Waals surface area contributed by atoms with Crippen molar-refractivity contribution in [2.45, 2.75) is 19.2 Å². The van der Waals surface area contributed by atoms with Gasteiger partial charge < -0.3 is 15.0 Å². The van der Waals surface area contributed by atoms with Crippen LogP contribution in [0.25, 0.3) is 5.69 Å². The zero-order valence-corrected chi connectivity index (χ0v) is 13.7. The number of carbonyl (C=O) groups excluding carboxylic acids is 1. The molecule has 1 aliphatic rings. The van der Waals surface area contributed by atoms with Crippen molar-refractivity contribution >= 4 is 11.8 Å². The van der Waals surface area contributed by atoms with Crippen LogP contribution in [0.3, 0.4) is 0 Å². The Balaban J connectivity index is 1.52. The highest BCUT2D eigenvalue weighted by Crippen LogP contribution is 2.26. The fraction of sp³-hybridized carbons (Fsp3) is 0.250. The largest absolute Gasteiger partial charge is 0.442 e. The van der Waals surface area contributed by atoms with E-state index in [1.807, 2.05) is 0 Å². The fourth-order valence-corrected chi connectivity index (χ4v) is 2.82. The number of nitrogens with two attached hydrogens (primary N) is 1. The van der Waals surface area contributed by atoms with Crippen LogP contribution in [0.2, 0.25) is 0 Å². The van der Waals surface area contributed by atoms with E-state index in [2.05, 4.69) is 15.2 Å². The number of amides is 1. The van der Waals surface area contributed by atoms with Crippen molar-refractivity contribution in [1.82, 2.24) is 24.5 Å². The Morgan fingerprint density at radius 2 is 2.12 bits per heavy atom. The highest BCUT2D eigenvalue weighted by Gasteiger charge is 2.33. The van der Waals surface area contributed by atoms with Crippen molar-refractivity contribution in [1.29, 1.82) is 0 Å². The molecule has 3 aromatic rings. The smallest absolute Gasteiger partial charge is 0.414 e. The van der Waals surface area contributed by atoms with Gasteiger partial charge in [-0.05, 0) is 18.2 Å². The standard InChI is InChI=1S/C16H16FN7O2/c17-14-5-12(1-2-15(14)22-7-11(6-18)19-10-22)23-8-13(26-16(23)25)9-24-20-3-4-21-24/h1-5,7,10,13H,6,8-9,18H2. The summed E-state index contributed by atoms with van der Waals surface area (Å²) in [6, 6.07) is 4.55. The molecule has 0 radical (unpaired) electrons. The molecular formula is C16H16FN7O2. The summed E-state index contributed by atoms with van der Waals surface area (Å²) >= 11 is 0. The number of anilines is 1. The molecule has 1 aliphatic heterocycles. The summed E-state index contributed by atoms with van der Waals surface area (Å²) in [6.45, 7) is 0.910. The number of benzene rings is 1. The van der Waals surface area contributed by atoms with Crippen LogP contribution < -0.4 is 10.6 Å². The highest BCUT2D eigenvalue weighted by atomic mass is 19.1. The van der Waals surface area contributed by atoms with E-state index in [-0.39, 0.29) is 6.54 Å². The van der Waals surface area contributed by atoms with Crippen LogP contribution in [0.5, 0.6) is 0 Å². The van der Waals surface area contributed by atoms with Crippen LogP contribution in [0.4, 0.5) is 14.9 Å². The Morgan fingerprint density at radius 1 is 1.31 bits per heavy atom. The summed E-state index contributed by atoms with van der Waals surface area (Å²) < 4.78 is 21.4. The van der Waals surface area contributed by atoms with E-state index in [4.69, 9.17) is 10.5 Å². The van der Waals surface area contributed by atoms with Gasteiger partial charge >= 0.3 is 6.09 Å². The summed E-state index contributed by atoms with van der Waals surface area (Å²) in [4.78, 5) is 19.0. The van der Waals surface area contributed by atoms with E-state index in [1.54, 1.807) is 35.3 Å². The van der Waals surface area contributed by atoms with Crippen molar-refractivity contribution in [3.05, 3.63) is 54.6 Å². The van der Waals surface area contributed by atoms with E-state index in [0.717, 1.165) is 0 Å². The zero-order chi connectivity index (χ0) is 18.1. The lowest BCUT2D eigenvalue weighted by atomic mass is 10.2. The number of imidazole rings is 1. The average Bonchev–Trinajstić information content (AvgIpc) is 3.36. The molecule has 26 heavy (non-hydrogen) atoms. The van der Waals surface area contributed by atoms with Crippen LogP contribution in [-0.4, -0.2) is 43.3 Å². The molecule has 1 amide bonds. The number of cyclic esters (lactones) is 1. The first-order valence-electron chi connectivity index (χ1n) is 7.99. The molecule has 4 rings (SSSR count). The van der Waals surface area contributed by atoms with Gasteiger partial charge in [-0.2, -0.15) is 15.0 Å². The summed E-state index contributed by atoms with van der Waals surface area (Å²) in [7, 11) is 0. The Morgan fingerprint density at radius 3 is 2.81 bits per heavy atom. The van der Waals surface area contributed by atoms with Gasteiger partial charge in [0.2, 0.25) is 0 Å². The van der Waals surface area contributed by atoms with E-state index in [0.29, 0.717) is 30.2 Å². The molecule has 0 bridgehead atoms. The monoisotopic (exact) mass is 357 g/mol. The quantitative estimate of drug-likeness (QED) is 0.733. The lowest BCUT2D eigenvalue weighted by molar-refractivity contribution is 0.126. The molecule has 0 saturated carbocycles. The van der Waals surface area contributed by atoms with Gasteiger partial charge in [-0.3, -0.25) is 4.90 Å². The Kier molecular flexibility index (Phi) is 4.09. The van der Waals surface area contributed by atoms with E-state index >= 15 is 0 Å². The lowest BCUT2D eigenvalue weighted by Crippen LogP contribution is -2.26. The number of nitrogens with zero attached hydrogens (tertiary/aromatic N) is 6. The number of halogens is 1. The number of hydrogen-bond acceptors (Lipinski definition) is 6. The Hall–Kier alpha value is -3.27. The van der Waals surface area contributed by atoms with Crippen LogP contribution >= 0.6 is 0 Å². The molecule has 1 fully saturated rings. The topological polar surface area (TPSA) is 104 Å². The van der Waals surface area contributed by atoms with Crippen LogP contribution in [0.1, 0.15) is 5.69 Å². The fourth-order valence-electron chi connectivity index (χ4n) is 2.82. The normalized spacial score (nSPS) is 16.9. The van der Waals surface area contributed by atoms with Gasteiger partial charge in [-0.15, -0.1) is 0 Å². The van der Waals surface area contributed by atoms with Gasteiger partial charge in [-0.1, -0.05) is 0 Å². The van der Waals surface area contributed by atoms with Crippen LogP contribution in [0.15, 0.2) is 43.1 Å². The number of rotatable bonds is 5. The number of carbonyl (C=O) groups is 1. The third kappa shape index (κ3) is 3.02. The third-order valence-electron chi connectivity index (χ3n) is 4.07. The Labute approximate surface area is 147 Å². The second kappa shape index (κ2) is 6.56. The maximum absolute atomic E-state index is 14.5. The average molecular weight is 357 g/mol. The van der Waals surface area contributed by atoms with Crippen molar-refractivity contribution < 1.29 is 13.9 Å². The first kappa shape index (κ1) is 16.2. The SMILES string of the molecule is NCc1cn(-c2ccc(N3CC(Cn4nccn4)OC3=O)cc2F)cn1. The van der Waals surface area contributed by atoms with Crippen molar-refractivity contribution in [2.24, 2.45) is 5.73 Å². The first-order valence-corrected chi connectivity index (χ1v) is 7.99. The highest BCUT2D eigenvalue weighted by molar-refractivity contribution is 5.89. The van der Waals surface area contributed by atoms with Gasteiger partial charge in [0.15, 0.2) is 0 Å². The molecule has 10 heteroatoms. The molecule has 2 aromatic heterocycles.